The summed E-state index contributed by atoms with van der Waals surface area (Å²) >= 11 is 0. The highest BCUT2D eigenvalue weighted by molar-refractivity contribution is 6.01. The molecular weight excluding hydrogens is 128 g/mol. The van der Waals surface area contributed by atoms with Gasteiger partial charge in [-0.05, 0) is 13.3 Å². The molecule has 0 aromatic carbocycles. The number of nitrogens with zero attached hydrogens (tertiary/aromatic N) is 1. The first-order chi connectivity index (χ1) is 4.69. The summed E-state index contributed by atoms with van der Waals surface area (Å²) in [6.07, 6.45) is 3.98. The summed E-state index contributed by atoms with van der Waals surface area (Å²) in [5, 5.41) is 3.66. The van der Waals surface area contributed by atoms with Crippen molar-refractivity contribution < 1.29 is 4.79 Å². The number of rotatable bonds is 2. The van der Waals surface area contributed by atoms with E-state index in [2.05, 4.69) is 17.1 Å². The van der Waals surface area contributed by atoms with E-state index in [1.54, 1.807) is 12.3 Å². The minimum Gasteiger partial charge on any atom is -0.272 e. The molecule has 3 heteroatoms. The van der Waals surface area contributed by atoms with Crippen LogP contribution < -0.4 is 5.43 Å². The fraction of sp³-hybridized carbons (Fsp3) is 0.429. The number of carbonyl (C=O) groups is 1. The van der Waals surface area contributed by atoms with Crippen molar-refractivity contribution in [2.24, 2.45) is 10.5 Å². The molecule has 0 bridgehead atoms. The van der Waals surface area contributed by atoms with Crippen molar-refractivity contribution in [2.45, 2.75) is 13.3 Å². The quantitative estimate of drug-likeness (QED) is 0.560. The largest absolute Gasteiger partial charge is 0.272 e. The van der Waals surface area contributed by atoms with Crippen LogP contribution in [0, 0.1) is 5.41 Å². The van der Waals surface area contributed by atoms with E-state index in [9.17, 15) is 4.79 Å². The van der Waals surface area contributed by atoms with Gasteiger partial charge in [-0.1, -0.05) is 6.08 Å². The standard InChI is InChI=1S/C7H10N2O/c1-3-4-7(2)5-8-9-6(7)10/h3,5H,1,4H2,2H3,(H,9,10). The zero-order chi connectivity index (χ0) is 7.61. The Hall–Kier alpha value is -1.12. The molecule has 10 heavy (non-hydrogen) atoms. The molecule has 0 fully saturated rings. The highest BCUT2D eigenvalue weighted by Gasteiger charge is 2.33. The van der Waals surface area contributed by atoms with Gasteiger partial charge in [-0.3, -0.25) is 4.79 Å². The van der Waals surface area contributed by atoms with Crippen molar-refractivity contribution in [2.75, 3.05) is 0 Å². The summed E-state index contributed by atoms with van der Waals surface area (Å²) in [5.74, 6) is -0.0487. The van der Waals surface area contributed by atoms with Gasteiger partial charge in [-0.2, -0.15) is 5.10 Å². The fourth-order valence-electron chi connectivity index (χ4n) is 0.865. The van der Waals surface area contributed by atoms with E-state index in [0.29, 0.717) is 6.42 Å². The van der Waals surface area contributed by atoms with Gasteiger partial charge in [0.05, 0.1) is 5.41 Å². The van der Waals surface area contributed by atoms with Gasteiger partial charge in [0.1, 0.15) is 0 Å². The Morgan fingerprint density at radius 3 is 3.10 bits per heavy atom. The summed E-state index contributed by atoms with van der Waals surface area (Å²) in [5.41, 5.74) is 1.92. The number of hydrogen-bond donors (Lipinski definition) is 1. The van der Waals surface area contributed by atoms with Crippen LogP contribution in [0.2, 0.25) is 0 Å². The molecular formula is C7H10N2O. The third-order valence-electron chi connectivity index (χ3n) is 1.60. The number of hydrazone groups is 1. The third-order valence-corrected chi connectivity index (χ3v) is 1.60. The molecule has 1 heterocycles. The monoisotopic (exact) mass is 138 g/mol. The predicted octanol–water partition coefficient (Wildman–Crippen LogP) is 0.684. The Bertz CT molecular complexity index is 198. The Kier molecular flexibility index (Phi) is 1.57. The average Bonchev–Trinajstić information content (AvgIpc) is 2.15. The number of amides is 1. The Balaban J connectivity index is 2.74. The number of hydrogen-bond acceptors (Lipinski definition) is 2. The van der Waals surface area contributed by atoms with Gasteiger partial charge in [0, 0.05) is 6.21 Å². The van der Waals surface area contributed by atoms with Crippen molar-refractivity contribution in [3.05, 3.63) is 12.7 Å². The molecule has 1 amide bonds. The van der Waals surface area contributed by atoms with Gasteiger partial charge in [0.15, 0.2) is 0 Å². The normalized spacial score (nSPS) is 30.3. The molecule has 1 unspecified atom stereocenters. The molecule has 54 valence electrons. The van der Waals surface area contributed by atoms with Crippen LogP contribution in [0.1, 0.15) is 13.3 Å². The van der Waals surface area contributed by atoms with Crippen molar-refractivity contribution >= 4 is 12.1 Å². The Labute approximate surface area is 59.8 Å². The molecule has 1 atom stereocenters. The van der Waals surface area contributed by atoms with Crippen molar-refractivity contribution in [1.82, 2.24) is 5.43 Å². The molecule has 0 saturated carbocycles. The van der Waals surface area contributed by atoms with Crippen molar-refractivity contribution in [3.8, 4) is 0 Å². The van der Waals surface area contributed by atoms with Crippen LogP contribution in [0.15, 0.2) is 17.8 Å². The molecule has 1 aliphatic heterocycles. The first-order valence-electron chi connectivity index (χ1n) is 3.14. The SMILES string of the molecule is C=CCC1(C)C=NNC1=O. The maximum Gasteiger partial charge on any atom is 0.251 e. The fourth-order valence-corrected chi connectivity index (χ4v) is 0.865. The van der Waals surface area contributed by atoms with Gasteiger partial charge >= 0.3 is 0 Å². The Morgan fingerprint density at radius 1 is 2.00 bits per heavy atom. The lowest BCUT2D eigenvalue weighted by Crippen LogP contribution is -2.30. The smallest absolute Gasteiger partial charge is 0.251 e. The molecule has 0 saturated heterocycles. The molecule has 0 aromatic heterocycles. The van der Waals surface area contributed by atoms with E-state index in [1.165, 1.54) is 0 Å². The highest BCUT2D eigenvalue weighted by Crippen LogP contribution is 2.22. The van der Waals surface area contributed by atoms with E-state index >= 15 is 0 Å². The number of allylic oxidation sites excluding steroid dienone is 1. The minimum atomic E-state index is -0.457. The summed E-state index contributed by atoms with van der Waals surface area (Å²) in [6, 6.07) is 0. The second-order valence-corrected chi connectivity index (χ2v) is 2.61. The van der Waals surface area contributed by atoms with Crippen LogP contribution in [0.3, 0.4) is 0 Å². The van der Waals surface area contributed by atoms with E-state index in [4.69, 9.17) is 0 Å². The predicted molar refractivity (Wildman–Crippen MR) is 39.6 cm³/mol. The maximum absolute atomic E-state index is 11.0. The summed E-state index contributed by atoms with van der Waals surface area (Å²) in [4.78, 5) is 11.0. The average molecular weight is 138 g/mol. The van der Waals surface area contributed by atoms with E-state index in [-0.39, 0.29) is 5.91 Å². The van der Waals surface area contributed by atoms with Crippen molar-refractivity contribution in [1.29, 1.82) is 0 Å². The van der Waals surface area contributed by atoms with Gasteiger partial charge < -0.3 is 0 Å². The third kappa shape index (κ3) is 0.943. The lowest BCUT2D eigenvalue weighted by atomic mass is 9.88. The van der Waals surface area contributed by atoms with Crippen LogP contribution in [0.25, 0.3) is 0 Å². The Morgan fingerprint density at radius 2 is 2.70 bits per heavy atom. The van der Waals surface area contributed by atoms with Gasteiger partial charge in [-0.15, -0.1) is 6.58 Å². The maximum atomic E-state index is 11.0. The first kappa shape index (κ1) is 6.99. The number of nitrogens with one attached hydrogen (secondary N) is 1. The van der Waals surface area contributed by atoms with Crippen LogP contribution in [0.4, 0.5) is 0 Å². The topological polar surface area (TPSA) is 41.5 Å². The van der Waals surface area contributed by atoms with Crippen LogP contribution >= 0.6 is 0 Å². The van der Waals surface area contributed by atoms with Crippen LogP contribution in [-0.2, 0) is 4.79 Å². The lowest BCUT2D eigenvalue weighted by molar-refractivity contribution is -0.125. The second-order valence-electron chi connectivity index (χ2n) is 2.61. The molecule has 1 N–H and O–H groups in total. The lowest BCUT2D eigenvalue weighted by Gasteiger charge is -2.13. The first-order valence-corrected chi connectivity index (χ1v) is 3.14. The van der Waals surface area contributed by atoms with Crippen LogP contribution in [0.5, 0.6) is 0 Å². The van der Waals surface area contributed by atoms with E-state index < -0.39 is 5.41 Å². The minimum absolute atomic E-state index is 0.0487. The number of carbonyl (C=O) groups excluding carboxylic acids is 1. The van der Waals surface area contributed by atoms with Gasteiger partial charge in [0.25, 0.3) is 5.91 Å². The molecule has 0 radical (unpaired) electrons. The second kappa shape index (κ2) is 2.25. The molecule has 0 spiro atoms. The molecule has 1 rings (SSSR count). The summed E-state index contributed by atoms with van der Waals surface area (Å²) < 4.78 is 0. The molecule has 0 aromatic rings. The van der Waals surface area contributed by atoms with Crippen molar-refractivity contribution in [3.63, 3.8) is 0 Å². The summed E-state index contributed by atoms with van der Waals surface area (Å²) in [6.45, 7) is 5.40. The zero-order valence-corrected chi connectivity index (χ0v) is 5.92. The molecule has 0 aliphatic carbocycles. The zero-order valence-electron chi connectivity index (χ0n) is 5.92. The van der Waals surface area contributed by atoms with Gasteiger partial charge in [0.2, 0.25) is 0 Å². The molecule has 1 aliphatic rings. The molecule has 3 nitrogen and oxygen atoms in total. The van der Waals surface area contributed by atoms with Crippen LogP contribution in [-0.4, -0.2) is 12.1 Å². The van der Waals surface area contributed by atoms with E-state index in [1.807, 2.05) is 6.92 Å². The highest BCUT2D eigenvalue weighted by atomic mass is 16.2. The van der Waals surface area contributed by atoms with Gasteiger partial charge in [-0.25, -0.2) is 5.43 Å². The summed E-state index contributed by atoms with van der Waals surface area (Å²) in [7, 11) is 0. The van der Waals surface area contributed by atoms with E-state index in [0.717, 1.165) is 0 Å².